The first-order valence-electron chi connectivity index (χ1n) is 4.83. The van der Waals surface area contributed by atoms with E-state index in [4.69, 9.17) is 22.1 Å². The third-order valence-corrected chi connectivity index (χ3v) is 3.66. The molecule has 1 rings (SSSR count). The van der Waals surface area contributed by atoms with E-state index in [0.717, 1.165) is 10.9 Å². The average Bonchev–Trinajstić information content (AvgIpc) is 2.63. The van der Waals surface area contributed by atoms with Gasteiger partial charge in [0.1, 0.15) is 0 Å². The van der Waals surface area contributed by atoms with E-state index in [1.165, 1.54) is 4.88 Å². The normalized spacial score (nSPS) is 13.4. The van der Waals surface area contributed by atoms with Crippen LogP contribution in [0.4, 0.5) is 0 Å². The third-order valence-electron chi connectivity index (χ3n) is 2.33. The first kappa shape index (κ1) is 12.9. The predicted octanol–water partition coefficient (Wildman–Crippen LogP) is 1.98. The maximum atomic E-state index is 5.90. The molecule has 0 bridgehead atoms. The van der Waals surface area contributed by atoms with E-state index in [9.17, 15) is 0 Å². The summed E-state index contributed by atoms with van der Waals surface area (Å²) in [6.07, 6.45) is 0. The lowest BCUT2D eigenvalue weighted by molar-refractivity contribution is 0.141. The molecule has 0 spiro atoms. The monoisotopic (exact) mass is 248 g/mol. The van der Waals surface area contributed by atoms with E-state index in [2.05, 4.69) is 4.90 Å². The number of nitrogens with zero attached hydrogens (tertiary/aromatic N) is 1. The van der Waals surface area contributed by atoms with Crippen molar-refractivity contribution in [3.05, 3.63) is 21.3 Å². The van der Waals surface area contributed by atoms with Crippen LogP contribution in [0.1, 0.15) is 10.9 Å². The van der Waals surface area contributed by atoms with Crippen LogP contribution in [-0.2, 0) is 4.74 Å². The van der Waals surface area contributed by atoms with Gasteiger partial charge in [-0.05, 0) is 19.2 Å². The van der Waals surface area contributed by atoms with Gasteiger partial charge in [0.15, 0.2) is 0 Å². The molecule has 0 aliphatic heterocycles. The number of rotatable bonds is 6. The van der Waals surface area contributed by atoms with Crippen molar-refractivity contribution in [3.8, 4) is 0 Å². The lowest BCUT2D eigenvalue weighted by atomic mass is 10.2. The molecule has 0 aromatic carbocycles. The Bertz CT molecular complexity index is 293. The van der Waals surface area contributed by atoms with Crippen LogP contribution in [0.3, 0.4) is 0 Å². The number of nitrogens with two attached hydrogens (primary N) is 1. The molecule has 0 saturated heterocycles. The molecule has 3 nitrogen and oxygen atoms in total. The molecular weight excluding hydrogens is 232 g/mol. The molecule has 1 heterocycles. The number of thiophene rings is 1. The molecule has 0 amide bonds. The van der Waals surface area contributed by atoms with E-state index in [0.29, 0.717) is 13.2 Å². The van der Waals surface area contributed by atoms with Crippen LogP contribution in [0.5, 0.6) is 0 Å². The fourth-order valence-electron chi connectivity index (χ4n) is 1.41. The summed E-state index contributed by atoms with van der Waals surface area (Å²) in [5.41, 5.74) is 5.77. The second-order valence-electron chi connectivity index (χ2n) is 3.37. The lowest BCUT2D eigenvalue weighted by Crippen LogP contribution is -2.32. The second kappa shape index (κ2) is 6.45. The van der Waals surface area contributed by atoms with Gasteiger partial charge in [0.25, 0.3) is 0 Å². The van der Waals surface area contributed by atoms with Gasteiger partial charge in [-0.3, -0.25) is 4.90 Å². The van der Waals surface area contributed by atoms with Crippen molar-refractivity contribution >= 4 is 22.9 Å². The van der Waals surface area contributed by atoms with Gasteiger partial charge in [-0.1, -0.05) is 11.6 Å². The van der Waals surface area contributed by atoms with E-state index < -0.39 is 0 Å². The van der Waals surface area contributed by atoms with E-state index in [-0.39, 0.29) is 6.04 Å². The minimum absolute atomic E-state index is 0.234. The van der Waals surface area contributed by atoms with Crippen molar-refractivity contribution in [2.24, 2.45) is 5.73 Å². The molecule has 2 N–H and O–H groups in total. The van der Waals surface area contributed by atoms with Crippen LogP contribution >= 0.6 is 22.9 Å². The molecule has 5 heteroatoms. The van der Waals surface area contributed by atoms with Crippen LogP contribution in [0.2, 0.25) is 4.34 Å². The fourth-order valence-corrected chi connectivity index (χ4v) is 2.65. The maximum absolute atomic E-state index is 5.90. The molecule has 0 saturated carbocycles. The first-order chi connectivity index (χ1) is 7.19. The van der Waals surface area contributed by atoms with Gasteiger partial charge < -0.3 is 10.5 Å². The summed E-state index contributed by atoms with van der Waals surface area (Å²) in [6.45, 7) is 2.18. The van der Waals surface area contributed by atoms with Crippen LogP contribution in [0.15, 0.2) is 12.1 Å². The highest BCUT2D eigenvalue weighted by atomic mass is 35.5. The van der Waals surface area contributed by atoms with Gasteiger partial charge in [-0.25, -0.2) is 0 Å². The number of hydrogen-bond donors (Lipinski definition) is 1. The highest BCUT2D eigenvalue weighted by molar-refractivity contribution is 7.16. The third kappa shape index (κ3) is 3.74. The van der Waals surface area contributed by atoms with Gasteiger partial charge >= 0.3 is 0 Å². The summed E-state index contributed by atoms with van der Waals surface area (Å²) in [5, 5.41) is 0. The molecule has 0 aliphatic rings. The van der Waals surface area contributed by atoms with E-state index in [1.54, 1.807) is 18.4 Å². The molecule has 1 aromatic rings. The van der Waals surface area contributed by atoms with Crippen molar-refractivity contribution in [2.45, 2.75) is 6.04 Å². The molecule has 1 unspecified atom stereocenters. The molecule has 0 fully saturated rings. The van der Waals surface area contributed by atoms with Gasteiger partial charge in [-0.15, -0.1) is 11.3 Å². The standard InChI is InChI=1S/C10H17ClN2OS/c1-13(5-6-14-2)8(7-12)9-3-4-10(11)15-9/h3-4,8H,5-7,12H2,1-2H3. The molecule has 15 heavy (non-hydrogen) atoms. The number of methoxy groups -OCH3 is 1. The Morgan fingerprint density at radius 3 is 2.80 bits per heavy atom. The summed E-state index contributed by atoms with van der Waals surface area (Å²) >= 11 is 7.49. The zero-order valence-corrected chi connectivity index (χ0v) is 10.6. The Labute approximate surface area is 99.8 Å². The smallest absolute Gasteiger partial charge is 0.0931 e. The zero-order chi connectivity index (χ0) is 11.3. The molecule has 86 valence electrons. The Morgan fingerprint density at radius 2 is 2.33 bits per heavy atom. The predicted molar refractivity (Wildman–Crippen MR) is 65.6 cm³/mol. The van der Waals surface area contributed by atoms with Gasteiger partial charge in [0.05, 0.1) is 17.0 Å². The molecule has 1 atom stereocenters. The first-order valence-corrected chi connectivity index (χ1v) is 6.03. The largest absolute Gasteiger partial charge is 0.383 e. The summed E-state index contributed by atoms with van der Waals surface area (Å²) in [4.78, 5) is 3.40. The summed E-state index contributed by atoms with van der Waals surface area (Å²) in [7, 11) is 3.75. The average molecular weight is 249 g/mol. The summed E-state index contributed by atoms with van der Waals surface area (Å²) in [6, 6.07) is 4.18. The fraction of sp³-hybridized carbons (Fsp3) is 0.600. The quantitative estimate of drug-likeness (QED) is 0.837. The van der Waals surface area contributed by atoms with Crippen molar-refractivity contribution in [3.63, 3.8) is 0 Å². The molecule has 0 radical (unpaired) electrons. The summed E-state index contributed by atoms with van der Waals surface area (Å²) in [5.74, 6) is 0. The highest BCUT2D eigenvalue weighted by Gasteiger charge is 2.16. The van der Waals surface area contributed by atoms with Crippen molar-refractivity contribution in [1.29, 1.82) is 0 Å². The Morgan fingerprint density at radius 1 is 1.60 bits per heavy atom. The number of ether oxygens (including phenoxy) is 1. The van der Waals surface area contributed by atoms with E-state index >= 15 is 0 Å². The SMILES string of the molecule is COCCN(C)C(CN)c1ccc(Cl)s1. The van der Waals surface area contributed by atoms with Crippen molar-refractivity contribution in [1.82, 2.24) is 4.90 Å². The zero-order valence-electron chi connectivity index (χ0n) is 9.07. The Kier molecular flexibility index (Phi) is 5.56. The second-order valence-corrected chi connectivity index (χ2v) is 5.11. The number of halogens is 1. The van der Waals surface area contributed by atoms with Crippen molar-refractivity contribution < 1.29 is 4.74 Å². The van der Waals surface area contributed by atoms with Crippen molar-refractivity contribution in [2.75, 3.05) is 33.9 Å². The minimum Gasteiger partial charge on any atom is -0.383 e. The van der Waals surface area contributed by atoms with Gasteiger partial charge in [0, 0.05) is 25.1 Å². The molecule has 0 aliphatic carbocycles. The van der Waals surface area contributed by atoms with Gasteiger partial charge in [-0.2, -0.15) is 0 Å². The highest BCUT2D eigenvalue weighted by Crippen LogP contribution is 2.29. The Balaban J connectivity index is 2.62. The van der Waals surface area contributed by atoms with Gasteiger partial charge in [0.2, 0.25) is 0 Å². The number of likely N-dealkylation sites (N-methyl/N-ethyl adjacent to an activating group) is 1. The summed E-state index contributed by atoms with van der Waals surface area (Å²) < 4.78 is 5.85. The lowest BCUT2D eigenvalue weighted by Gasteiger charge is -2.25. The van der Waals surface area contributed by atoms with Crippen LogP contribution in [-0.4, -0.2) is 38.8 Å². The Hall–Kier alpha value is -0.130. The van der Waals surface area contributed by atoms with Crippen LogP contribution in [0.25, 0.3) is 0 Å². The minimum atomic E-state index is 0.234. The maximum Gasteiger partial charge on any atom is 0.0931 e. The number of hydrogen-bond acceptors (Lipinski definition) is 4. The molecule has 1 aromatic heterocycles. The molecular formula is C10H17ClN2OS. The van der Waals surface area contributed by atoms with E-state index in [1.807, 2.05) is 19.2 Å². The van der Waals surface area contributed by atoms with Crippen LogP contribution < -0.4 is 5.73 Å². The van der Waals surface area contributed by atoms with Crippen LogP contribution in [0, 0.1) is 0 Å². The topological polar surface area (TPSA) is 38.5 Å².